The molecule has 0 amide bonds. The van der Waals surface area contributed by atoms with E-state index in [2.05, 4.69) is 10.0 Å². The minimum Gasteiger partial charge on any atom is -0.384 e. The van der Waals surface area contributed by atoms with Crippen LogP contribution >= 0.6 is 0 Å². The van der Waals surface area contributed by atoms with E-state index in [9.17, 15) is 18.5 Å². The van der Waals surface area contributed by atoms with Crippen molar-refractivity contribution in [3.05, 3.63) is 28.3 Å². The number of nitrogens with one attached hydrogen (secondary N) is 2. The third kappa shape index (κ3) is 3.69. The van der Waals surface area contributed by atoms with Crippen LogP contribution in [0, 0.1) is 10.1 Å². The zero-order chi connectivity index (χ0) is 15.5. The molecule has 2 rings (SSSR count). The van der Waals surface area contributed by atoms with Crippen molar-refractivity contribution in [1.29, 1.82) is 0 Å². The lowest BCUT2D eigenvalue weighted by Crippen LogP contribution is -2.35. The van der Waals surface area contributed by atoms with Gasteiger partial charge in [-0.1, -0.05) is 0 Å². The third-order valence-electron chi connectivity index (χ3n) is 3.08. The van der Waals surface area contributed by atoms with E-state index >= 15 is 0 Å². The molecule has 1 aromatic carbocycles. The van der Waals surface area contributed by atoms with E-state index in [0.717, 1.165) is 6.07 Å². The molecule has 1 aliphatic rings. The molecule has 0 radical (unpaired) electrons. The number of nitro benzene ring substituents is 1. The number of non-ortho nitro benzene ring substituents is 1. The fraction of sp³-hybridized carbons (Fsp3) is 0.500. The van der Waals surface area contributed by atoms with Crippen molar-refractivity contribution in [3.8, 4) is 0 Å². The number of benzene rings is 1. The predicted molar refractivity (Wildman–Crippen MR) is 76.8 cm³/mol. The maximum Gasteiger partial charge on any atom is 0.270 e. The summed E-state index contributed by atoms with van der Waals surface area (Å²) in [6, 6.07) is 3.44. The summed E-state index contributed by atoms with van der Waals surface area (Å²) < 4.78 is 32.5. The fourth-order valence-electron chi connectivity index (χ4n) is 2.09. The molecular formula is C12H17N3O5S. The summed E-state index contributed by atoms with van der Waals surface area (Å²) in [5.41, 5.74) is 0.0780. The van der Waals surface area contributed by atoms with Crippen molar-refractivity contribution in [1.82, 2.24) is 4.72 Å². The molecule has 2 N–H and O–H groups in total. The number of ether oxygens (including phenoxy) is 1. The summed E-state index contributed by atoms with van der Waals surface area (Å²) in [4.78, 5) is 10.1. The number of rotatable bonds is 6. The number of sulfonamides is 1. The van der Waals surface area contributed by atoms with E-state index in [1.54, 1.807) is 0 Å². The molecule has 1 aromatic rings. The lowest BCUT2D eigenvalue weighted by Gasteiger charge is -2.15. The SMILES string of the molecule is CCNc1ccc([N+](=O)[O-])cc1S(=O)(=O)NC1CCOC1. The molecule has 21 heavy (non-hydrogen) atoms. The van der Waals surface area contributed by atoms with Gasteiger partial charge in [0.05, 0.1) is 17.2 Å². The molecule has 1 fully saturated rings. The molecule has 9 heteroatoms. The molecule has 0 aromatic heterocycles. The van der Waals surface area contributed by atoms with Gasteiger partial charge in [-0.3, -0.25) is 10.1 Å². The highest BCUT2D eigenvalue weighted by Gasteiger charge is 2.27. The van der Waals surface area contributed by atoms with Gasteiger partial charge in [0.1, 0.15) is 4.90 Å². The molecule has 1 saturated heterocycles. The van der Waals surface area contributed by atoms with Gasteiger partial charge in [-0.2, -0.15) is 0 Å². The first-order chi connectivity index (χ1) is 9.94. The fourth-order valence-corrected chi connectivity index (χ4v) is 3.55. The second-order valence-electron chi connectivity index (χ2n) is 4.65. The Hall–Kier alpha value is -1.71. The van der Waals surface area contributed by atoms with E-state index in [-0.39, 0.29) is 16.6 Å². The van der Waals surface area contributed by atoms with Crippen LogP contribution in [0.2, 0.25) is 0 Å². The summed E-state index contributed by atoms with van der Waals surface area (Å²) in [5.74, 6) is 0. The first-order valence-electron chi connectivity index (χ1n) is 6.56. The zero-order valence-corrected chi connectivity index (χ0v) is 12.4. The lowest BCUT2D eigenvalue weighted by molar-refractivity contribution is -0.385. The van der Waals surface area contributed by atoms with Crippen molar-refractivity contribution in [3.63, 3.8) is 0 Å². The molecule has 1 heterocycles. The number of nitrogens with zero attached hydrogens (tertiary/aromatic N) is 1. The van der Waals surface area contributed by atoms with Gasteiger partial charge < -0.3 is 10.1 Å². The van der Waals surface area contributed by atoms with Crippen LogP contribution in [0.5, 0.6) is 0 Å². The predicted octanol–water partition coefficient (Wildman–Crippen LogP) is 1.09. The molecule has 1 aliphatic heterocycles. The first kappa shape index (κ1) is 15.7. The Kier molecular flexibility index (Phi) is 4.76. The van der Waals surface area contributed by atoms with Crippen LogP contribution in [0.15, 0.2) is 23.1 Å². The highest BCUT2D eigenvalue weighted by atomic mass is 32.2. The first-order valence-corrected chi connectivity index (χ1v) is 8.04. The summed E-state index contributed by atoms with van der Waals surface area (Å²) >= 11 is 0. The molecule has 8 nitrogen and oxygen atoms in total. The summed E-state index contributed by atoms with van der Waals surface area (Å²) in [5, 5.41) is 13.7. The van der Waals surface area contributed by atoms with Gasteiger partial charge >= 0.3 is 0 Å². The van der Waals surface area contributed by atoms with Crippen LogP contribution in [-0.4, -0.2) is 39.1 Å². The second-order valence-corrected chi connectivity index (χ2v) is 6.33. The minimum atomic E-state index is -3.85. The summed E-state index contributed by atoms with van der Waals surface area (Å²) in [7, 11) is -3.85. The Balaban J connectivity index is 2.37. The molecule has 116 valence electrons. The molecule has 0 aliphatic carbocycles. The third-order valence-corrected chi connectivity index (χ3v) is 4.64. The van der Waals surface area contributed by atoms with Crippen LogP contribution < -0.4 is 10.0 Å². The zero-order valence-electron chi connectivity index (χ0n) is 11.5. The van der Waals surface area contributed by atoms with Crippen molar-refractivity contribution < 1.29 is 18.1 Å². The van der Waals surface area contributed by atoms with E-state index in [4.69, 9.17) is 4.74 Å². The Bertz CT molecular complexity index is 626. The molecule has 1 unspecified atom stereocenters. The van der Waals surface area contributed by atoms with Crippen LogP contribution in [0.3, 0.4) is 0 Å². The number of hydrogen-bond acceptors (Lipinski definition) is 6. The number of nitro groups is 1. The van der Waals surface area contributed by atoms with E-state index < -0.39 is 14.9 Å². The van der Waals surface area contributed by atoms with Gasteiger partial charge in [-0.15, -0.1) is 0 Å². The Morgan fingerprint density at radius 2 is 2.24 bits per heavy atom. The van der Waals surface area contributed by atoms with Gasteiger partial charge in [0, 0.05) is 31.3 Å². The Morgan fingerprint density at radius 1 is 1.48 bits per heavy atom. The van der Waals surface area contributed by atoms with Crippen LogP contribution in [0.25, 0.3) is 0 Å². The Morgan fingerprint density at radius 3 is 2.81 bits per heavy atom. The standard InChI is InChI=1S/C12H17N3O5S/c1-2-13-11-4-3-10(15(16)17)7-12(11)21(18,19)14-9-5-6-20-8-9/h3-4,7,9,13-14H,2,5-6,8H2,1H3. The van der Waals surface area contributed by atoms with Crippen LogP contribution in [0.1, 0.15) is 13.3 Å². The summed E-state index contributed by atoms with van der Waals surface area (Å²) in [6.07, 6.45) is 0.588. The average Bonchev–Trinajstić information content (AvgIpc) is 2.91. The largest absolute Gasteiger partial charge is 0.384 e. The van der Waals surface area contributed by atoms with Crippen LogP contribution in [-0.2, 0) is 14.8 Å². The van der Waals surface area contributed by atoms with Gasteiger partial charge in [0.2, 0.25) is 10.0 Å². The average molecular weight is 315 g/mol. The monoisotopic (exact) mass is 315 g/mol. The smallest absolute Gasteiger partial charge is 0.270 e. The highest BCUT2D eigenvalue weighted by molar-refractivity contribution is 7.89. The van der Waals surface area contributed by atoms with Gasteiger partial charge in [0.15, 0.2) is 0 Å². The van der Waals surface area contributed by atoms with Gasteiger partial charge in [-0.05, 0) is 19.4 Å². The quantitative estimate of drug-likeness (QED) is 0.600. The van der Waals surface area contributed by atoms with E-state index in [1.807, 2.05) is 6.92 Å². The van der Waals surface area contributed by atoms with Crippen molar-refractivity contribution in [2.24, 2.45) is 0 Å². The molecule has 0 bridgehead atoms. The topological polar surface area (TPSA) is 111 Å². The van der Waals surface area contributed by atoms with Gasteiger partial charge in [-0.25, -0.2) is 13.1 Å². The van der Waals surface area contributed by atoms with Crippen molar-refractivity contribution in [2.45, 2.75) is 24.3 Å². The maximum absolute atomic E-state index is 12.4. The maximum atomic E-state index is 12.4. The van der Waals surface area contributed by atoms with Crippen molar-refractivity contribution >= 4 is 21.4 Å². The minimum absolute atomic E-state index is 0.120. The lowest BCUT2D eigenvalue weighted by atomic mass is 10.3. The van der Waals surface area contributed by atoms with E-state index in [0.29, 0.717) is 31.9 Å². The molecule has 0 spiro atoms. The Labute approximate surface area is 122 Å². The van der Waals surface area contributed by atoms with Crippen molar-refractivity contribution in [2.75, 3.05) is 25.1 Å². The second kappa shape index (κ2) is 6.37. The van der Waals surface area contributed by atoms with Gasteiger partial charge in [0.25, 0.3) is 5.69 Å². The molecule has 1 atom stereocenters. The number of hydrogen-bond donors (Lipinski definition) is 2. The van der Waals surface area contributed by atoms with Crippen LogP contribution in [0.4, 0.5) is 11.4 Å². The molecule has 0 saturated carbocycles. The molecular weight excluding hydrogens is 298 g/mol. The normalized spacial score (nSPS) is 18.6. The highest BCUT2D eigenvalue weighted by Crippen LogP contribution is 2.27. The van der Waals surface area contributed by atoms with E-state index in [1.165, 1.54) is 12.1 Å². The number of anilines is 1. The summed E-state index contributed by atoms with van der Waals surface area (Å²) in [6.45, 7) is 3.13.